The van der Waals surface area contributed by atoms with Crippen molar-refractivity contribution in [3.8, 4) is 0 Å². The minimum atomic E-state index is -1.17. The summed E-state index contributed by atoms with van der Waals surface area (Å²) in [7, 11) is 0. The Morgan fingerprint density at radius 2 is 1.70 bits per heavy atom. The van der Waals surface area contributed by atoms with Gasteiger partial charge in [-0.2, -0.15) is 5.10 Å². The molecule has 0 fully saturated rings. The lowest BCUT2D eigenvalue weighted by Crippen LogP contribution is -2.30. The van der Waals surface area contributed by atoms with E-state index in [1.54, 1.807) is 30.3 Å². The van der Waals surface area contributed by atoms with Gasteiger partial charge in [0.15, 0.2) is 23.1 Å². The first-order valence-electron chi connectivity index (χ1n) is 14.2. The largest absolute Gasteiger partial charge is 0.344 e. The topological polar surface area (TPSA) is 135 Å². The number of anilines is 2. The van der Waals surface area contributed by atoms with Crippen LogP contribution in [-0.4, -0.2) is 38.1 Å². The monoisotopic (exact) mass is 642 g/mol. The van der Waals surface area contributed by atoms with Gasteiger partial charge in [-0.15, -0.1) is 0 Å². The summed E-state index contributed by atoms with van der Waals surface area (Å²) < 4.78 is 28.4. The van der Waals surface area contributed by atoms with Gasteiger partial charge in [0.1, 0.15) is 17.0 Å². The normalized spacial score (nSPS) is 13.7. The lowest BCUT2D eigenvalue weighted by molar-refractivity contribution is 0.0927. The fourth-order valence-corrected chi connectivity index (χ4v) is 5.75. The molecule has 0 saturated carbocycles. The summed E-state index contributed by atoms with van der Waals surface area (Å²) >= 11 is 6.21. The molecule has 2 aromatic heterocycles. The minimum absolute atomic E-state index is 0.0470. The summed E-state index contributed by atoms with van der Waals surface area (Å²) in [5, 5.41) is 12.6. The van der Waals surface area contributed by atoms with Crippen molar-refractivity contribution in [1.82, 2.24) is 19.9 Å². The standard InChI is InChI=1S/C33H25ClF2N6O4/c1-16-19(17(2)43)8-9-21-20(16)10-12-26(21)40-33(46)29-14-28(32(45)38-18-7-11-24(35)25(36)13-18)39-30-22(15-37-42(29)30)31(44)41-27-6-4-3-5-23(27)34/h3-9,11,13-15,26H,10,12H2,1-2H3,(H,38,45)(H,40,46)(H,41,44)/t26-/m0/s1. The fraction of sp³-hybridized carbons (Fsp3) is 0.152. The molecular weight excluding hydrogens is 618 g/mol. The predicted octanol–water partition coefficient (Wildman–Crippen LogP) is 6.09. The van der Waals surface area contributed by atoms with E-state index in [1.165, 1.54) is 25.3 Å². The van der Waals surface area contributed by atoms with E-state index >= 15 is 0 Å². The van der Waals surface area contributed by atoms with Crippen LogP contribution in [0.15, 0.2) is 66.9 Å². The third kappa shape index (κ3) is 5.70. The highest BCUT2D eigenvalue weighted by Gasteiger charge is 2.29. The molecule has 3 N–H and O–H groups in total. The van der Waals surface area contributed by atoms with Crippen LogP contribution in [0.3, 0.4) is 0 Å². The van der Waals surface area contributed by atoms with Crippen molar-refractivity contribution in [1.29, 1.82) is 0 Å². The van der Waals surface area contributed by atoms with Crippen LogP contribution in [0.1, 0.15) is 77.8 Å². The number of nitrogens with one attached hydrogen (secondary N) is 3. The smallest absolute Gasteiger partial charge is 0.274 e. The Hall–Kier alpha value is -5.49. The second-order valence-electron chi connectivity index (χ2n) is 10.8. The maximum absolute atomic E-state index is 13.8. The van der Waals surface area contributed by atoms with Gasteiger partial charge in [-0.1, -0.05) is 35.9 Å². The van der Waals surface area contributed by atoms with Gasteiger partial charge in [0.2, 0.25) is 0 Å². The number of hydrogen-bond acceptors (Lipinski definition) is 6. The Morgan fingerprint density at radius 1 is 0.913 bits per heavy atom. The number of Topliss-reactive ketones (excluding diaryl/α,β-unsaturated/α-hetero) is 1. The fourth-order valence-electron chi connectivity index (χ4n) is 5.57. The number of carbonyl (C=O) groups excluding carboxylic acids is 4. The first kappa shape index (κ1) is 30.5. The average molecular weight is 643 g/mol. The maximum atomic E-state index is 13.8. The predicted molar refractivity (Wildman–Crippen MR) is 166 cm³/mol. The van der Waals surface area contributed by atoms with Crippen LogP contribution in [0.5, 0.6) is 0 Å². The van der Waals surface area contributed by atoms with Crippen molar-refractivity contribution >= 4 is 52.1 Å². The van der Waals surface area contributed by atoms with Gasteiger partial charge in [-0.3, -0.25) is 19.2 Å². The van der Waals surface area contributed by atoms with Crippen LogP contribution in [-0.2, 0) is 6.42 Å². The number of hydrogen-bond donors (Lipinski definition) is 3. The number of amides is 3. The Kier molecular flexibility index (Phi) is 8.05. The van der Waals surface area contributed by atoms with E-state index in [4.69, 9.17) is 11.6 Å². The van der Waals surface area contributed by atoms with Crippen molar-refractivity contribution in [3.05, 3.63) is 123 Å². The highest BCUT2D eigenvalue weighted by molar-refractivity contribution is 6.34. The Labute approximate surface area is 265 Å². The highest BCUT2D eigenvalue weighted by atomic mass is 35.5. The number of fused-ring (bicyclic) bond motifs is 2. The molecule has 0 bridgehead atoms. The molecule has 0 saturated heterocycles. The first-order chi connectivity index (χ1) is 22.0. The second kappa shape index (κ2) is 12.1. The molecule has 46 heavy (non-hydrogen) atoms. The SMILES string of the molecule is CC(=O)c1ccc2c(c1C)CC[C@@H]2NC(=O)c1cc(C(=O)Nc2ccc(F)c(F)c2)nc2c(C(=O)Nc3ccccc3Cl)cnn12. The highest BCUT2D eigenvalue weighted by Crippen LogP contribution is 2.35. The maximum Gasteiger partial charge on any atom is 0.274 e. The molecule has 1 atom stereocenters. The summed E-state index contributed by atoms with van der Waals surface area (Å²) in [6.07, 6.45) is 2.43. The Balaban J connectivity index is 1.38. The molecule has 5 aromatic rings. The van der Waals surface area contributed by atoms with E-state index in [-0.39, 0.29) is 39.1 Å². The van der Waals surface area contributed by atoms with Crippen molar-refractivity contribution in [3.63, 3.8) is 0 Å². The first-order valence-corrected chi connectivity index (χ1v) is 14.5. The van der Waals surface area contributed by atoms with Crippen LogP contribution in [0.4, 0.5) is 20.2 Å². The second-order valence-corrected chi connectivity index (χ2v) is 11.2. The number of aromatic nitrogens is 3. The zero-order chi connectivity index (χ0) is 32.7. The van der Waals surface area contributed by atoms with Crippen LogP contribution < -0.4 is 16.0 Å². The van der Waals surface area contributed by atoms with E-state index in [2.05, 4.69) is 26.0 Å². The van der Waals surface area contributed by atoms with Gasteiger partial charge in [0, 0.05) is 23.4 Å². The van der Waals surface area contributed by atoms with E-state index < -0.39 is 35.4 Å². The zero-order valence-corrected chi connectivity index (χ0v) is 25.2. The van der Waals surface area contributed by atoms with Crippen molar-refractivity contribution < 1.29 is 28.0 Å². The van der Waals surface area contributed by atoms with Gasteiger partial charge in [0.25, 0.3) is 17.7 Å². The van der Waals surface area contributed by atoms with Crippen LogP contribution in [0.25, 0.3) is 5.65 Å². The lowest BCUT2D eigenvalue weighted by Gasteiger charge is -2.16. The number of rotatable bonds is 7. The van der Waals surface area contributed by atoms with Crippen LogP contribution in [0.2, 0.25) is 5.02 Å². The molecule has 0 radical (unpaired) electrons. The third-order valence-corrected chi connectivity index (χ3v) is 8.19. The van der Waals surface area contributed by atoms with Crippen LogP contribution in [0, 0.1) is 18.6 Å². The van der Waals surface area contributed by atoms with Crippen molar-refractivity contribution in [2.75, 3.05) is 10.6 Å². The van der Waals surface area contributed by atoms with Gasteiger partial charge in [-0.25, -0.2) is 18.3 Å². The Morgan fingerprint density at radius 3 is 2.43 bits per heavy atom. The average Bonchev–Trinajstić information content (AvgIpc) is 3.64. The number of benzene rings is 3. The summed E-state index contributed by atoms with van der Waals surface area (Å²) in [5.41, 5.74) is 3.05. The molecule has 2 heterocycles. The lowest BCUT2D eigenvalue weighted by atomic mass is 9.96. The number of nitrogens with zero attached hydrogens (tertiary/aromatic N) is 3. The molecule has 13 heteroatoms. The van der Waals surface area contributed by atoms with E-state index in [9.17, 15) is 28.0 Å². The number of ketones is 1. The molecule has 0 spiro atoms. The minimum Gasteiger partial charge on any atom is -0.344 e. The van der Waals surface area contributed by atoms with E-state index in [0.717, 1.165) is 33.3 Å². The Bertz CT molecular complexity index is 2100. The summed E-state index contributed by atoms with van der Waals surface area (Å²) in [4.78, 5) is 56.8. The molecule has 3 aromatic carbocycles. The zero-order valence-electron chi connectivity index (χ0n) is 24.5. The summed E-state index contributed by atoms with van der Waals surface area (Å²) in [5.74, 6) is -4.42. The molecule has 0 aliphatic heterocycles. The molecule has 10 nitrogen and oxygen atoms in total. The molecule has 1 aliphatic carbocycles. The van der Waals surface area contributed by atoms with Gasteiger partial charge >= 0.3 is 0 Å². The number of para-hydroxylation sites is 1. The van der Waals surface area contributed by atoms with Gasteiger partial charge in [0.05, 0.1) is 22.9 Å². The van der Waals surface area contributed by atoms with Gasteiger partial charge in [-0.05, 0) is 67.6 Å². The van der Waals surface area contributed by atoms with Gasteiger partial charge < -0.3 is 16.0 Å². The number of halogens is 3. The third-order valence-electron chi connectivity index (χ3n) is 7.86. The van der Waals surface area contributed by atoms with E-state index in [0.29, 0.717) is 24.1 Å². The van der Waals surface area contributed by atoms with Crippen molar-refractivity contribution in [2.45, 2.75) is 32.7 Å². The van der Waals surface area contributed by atoms with E-state index in [1.807, 2.05) is 13.0 Å². The van der Waals surface area contributed by atoms with Crippen molar-refractivity contribution in [2.24, 2.45) is 0 Å². The molecular formula is C33H25ClF2N6O4. The summed E-state index contributed by atoms with van der Waals surface area (Å²) in [6.45, 7) is 3.38. The number of carbonyl (C=O) groups is 4. The molecule has 6 rings (SSSR count). The molecule has 3 amide bonds. The van der Waals surface area contributed by atoms with Crippen LogP contribution >= 0.6 is 11.6 Å². The molecule has 1 aliphatic rings. The summed E-state index contributed by atoms with van der Waals surface area (Å²) in [6, 6.07) is 13.8. The quantitative estimate of drug-likeness (QED) is 0.184. The molecule has 0 unspecified atom stereocenters. The molecule has 232 valence electrons.